The third-order valence-electron chi connectivity index (χ3n) is 5.00. The van der Waals surface area contributed by atoms with Crippen molar-refractivity contribution in [2.45, 2.75) is 50.7 Å². The van der Waals surface area contributed by atoms with Gasteiger partial charge in [0.2, 0.25) is 5.71 Å². The highest BCUT2D eigenvalue weighted by atomic mass is 16.6. The second kappa shape index (κ2) is 6.12. The normalized spacial score (nSPS) is 27.9. The smallest absolute Gasteiger partial charge is 0.332 e. The number of hydrogen-bond donors (Lipinski definition) is 3. The summed E-state index contributed by atoms with van der Waals surface area (Å²) in [5, 5.41) is 29.6. The summed E-state index contributed by atoms with van der Waals surface area (Å²) in [6.45, 7) is 3.59. The minimum Gasteiger partial charge on any atom is -0.622 e. The third-order valence-corrected chi connectivity index (χ3v) is 5.00. The van der Waals surface area contributed by atoms with Gasteiger partial charge in [0.15, 0.2) is 0 Å². The van der Waals surface area contributed by atoms with E-state index >= 15 is 0 Å². The summed E-state index contributed by atoms with van der Waals surface area (Å²) in [5.74, 6) is 0. The number of rotatable bonds is 2. The fraction of sp³-hybridized carbons (Fsp3) is 0.471. The van der Waals surface area contributed by atoms with E-state index in [1.165, 1.54) is 0 Å². The van der Waals surface area contributed by atoms with Crippen molar-refractivity contribution in [3.8, 4) is 0 Å². The van der Waals surface area contributed by atoms with Crippen LogP contribution in [0.4, 0.5) is 4.79 Å². The first-order valence-electron chi connectivity index (χ1n) is 8.33. The highest BCUT2D eigenvalue weighted by Crippen LogP contribution is 2.42. The van der Waals surface area contributed by atoms with Crippen LogP contribution in [-0.2, 0) is 0 Å². The molecule has 1 fully saturated rings. The Labute approximate surface area is 146 Å². The molecule has 0 saturated heterocycles. The largest absolute Gasteiger partial charge is 0.622 e. The topological polar surface area (TPSA) is 117 Å². The molecule has 0 bridgehead atoms. The Balaban J connectivity index is 2.18. The fourth-order valence-corrected chi connectivity index (χ4v) is 3.87. The number of nitrogens with two attached hydrogens (primary N) is 1. The van der Waals surface area contributed by atoms with Crippen molar-refractivity contribution >= 4 is 17.5 Å². The van der Waals surface area contributed by atoms with Crippen molar-refractivity contribution in [3.63, 3.8) is 0 Å². The van der Waals surface area contributed by atoms with E-state index in [0.29, 0.717) is 24.3 Å². The van der Waals surface area contributed by atoms with Gasteiger partial charge in [0, 0.05) is 12.0 Å². The number of hydrazone groups is 1. The van der Waals surface area contributed by atoms with E-state index in [-0.39, 0.29) is 0 Å². The van der Waals surface area contributed by atoms with Gasteiger partial charge in [0.1, 0.15) is 11.3 Å². The number of hydroxylamine groups is 3. The number of carbonyl (C=O) groups excluding carboxylic acids is 1. The van der Waals surface area contributed by atoms with Gasteiger partial charge in [0.25, 0.3) is 5.66 Å². The van der Waals surface area contributed by atoms with Crippen LogP contribution in [0.15, 0.2) is 35.4 Å². The van der Waals surface area contributed by atoms with Gasteiger partial charge < -0.3 is 16.1 Å². The second-order valence-electron chi connectivity index (χ2n) is 6.94. The third kappa shape index (κ3) is 2.58. The Morgan fingerprint density at radius 3 is 2.68 bits per heavy atom. The van der Waals surface area contributed by atoms with Crippen LogP contribution >= 0.6 is 0 Å². The number of amides is 2. The van der Waals surface area contributed by atoms with Crippen LogP contribution in [0, 0.1) is 5.21 Å². The van der Waals surface area contributed by atoms with Crippen molar-refractivity contribution in [1.29, 1.82) is 0 Å². The van der Waals surface area contributed by atoms with Gasteiger partial charge >= 0.3 is 6.03 Å². The molecular weight excluding hydrogens is 322 g/mol. The summed E-state index contributed by atoms with van der Waals surface area (Å²) in [6, 6.07) is 8.46. The van der Waals surface area contributed by atoms with Crippen LogP contribution in [0.25, 0.3) is 0 Å². The first-order chi connectivity index (χ1) is 11.8. The first kappa shape index (κ1) is 17.4. The zero-order chi connectivity index (χ0) is 18.2. The molecule has 1 unspecified atom stereocenters. The number of urea groups is 1. The van der Waals surface area contributed by atoms with Gasteiger partial charge in [-0.05, 0) is 45.2 Å². The summed E-state index contributed by atoms with van der Waals surface area (Å²) in [4.78, 5) is 11.1. The highest BCUT2D eigenvalue weighted by Gasteiger charge is 2.65. The van der Waals surface area contributed by atoms with Crippen LogP contribution < -0.4 is 11.2 Å². The fourth-order valence-electron chi connectivity index (χ4n) is 3.87. The molecule has 1 spiro atoms. The number of hydrogen-bond acceptors (Lipinski definition) is 5. The van der Waals surface area contributed by atoms with Gasteiger partial charge in [0.05, 0.1) is 0 Å². The lowest BCUT2D eigenvalue weighted by molar-refractivity contribution is -0.568. The number of nitrogens with zero attached hydrogens (tertiary/aromatic N) is 3. The molecule has 1 heterocycles. The molecule has 25 heavy (non-hydrogen) atoms. The number of benzene rings is 1. The van der Waals surface area contributed by atoms with Gasteiger partial charge in [-0.2, -0.15) is 9.84 Å². The Hall–Kier alpha value is -2.45. The van der Waals surface area contributed by atoms with Crippen molar-refractivity contribution in [2.24, 2.45) is 10.8 Å². The molecule has 1 aromatic carbocycles. The monoisotopic (exact) mass is 345 g/mol. The summed E-state index contributed by atoms with van der Waals surface area (Å²) >= 11 is 0. The molecule has 1 aromatic rings. The second-order valence-corrected chi connectivity index (χ2v) is 6.94. The molecule has 2 amide bonds. The lowest BCUT2D eigenvalue weighted by Crippen LogP contribution is -2.61. The average Bonchev–Trinajstić information content (AvgIpc) is 2.73. The van der Waals surface area contributed by atoms with E-state index in [0.717, 1.165) is 28.2 Å². The van der Waals surface area contributed by atoms with Gasteiger partial charge in [-0.3, -0.25) is 0 Å². The van der Waals surface area contributed by atoms with Crippen LogP contribution in [0.2, 0.25) is 0 Å². The molecule has 1 atom stereocenters. The Morgan fingerprint density at radius 2 is 2.04 bits per heavy atom. The molecule has 1 saturated carbocycles. The molecule has 1 aliphatic carbocycles. The van der Waals surface area contributed by atoms with Crippen molar-refractivity contribution in [3.05, 3.63) is 41.1 Å². The molecule has 4 N–H and O–H groups in total. The molecule has 2 aliphatic rings. The van der Waals surface area contributed by atoms with E-state index in [9.17, 15) is 15.2 Å². The molecule has 134 valence electrons. The molecule has 0 radical (unpaired) electrons. The summed E-state index contributed by atoms with van der Waals surface area (Å²) in [6.07, 6.45) is 2.49. The number of carbonyl (C=O) groups is 1. The molecule has 8 heteroatoms. The van der Waals surface area contributed by atoms with Gasteiger partial charge in [-0.1, -0.05) is 18.2 Å². The summed E-state index contributed by atoms with van der Waals surface area (Å²) < 4.78 is 0.850. The minimum atomic E-state index is -1.34. The highest BCUT2D eigenvalue weighted by molar-refractivity contribution is 6.07. The maximum absolute atomic E-state index is 13.4. The van der Waals surface area contributed by atoms with E-state index in [1.807, 2.05) is 30.3 Å². The predicted octanol–water partition coefficient (Wildman–Crippen LogP) is 1.76. The van der Waals surface area contributed by atoms with Crippen LogP contribution in [0.3, 0.4) is 0 Å². The van der Waals surface area contributed by atoms with Crippen molar-refractivity contribution < 1.29 is 14.7 Å². The van der Waals surface area contributed by atoms with Crippen molar-refractivity contribution in [1.82, 2.24) is 10.5 Å². The van der Waals surface area contributed by atoms with Crippen LogP contribution in [-0.4, -0.2) is 43.7 Å². The molecule has 3 rings (SSSR count). The van der Waals surface area contributed by atoms with E-state index in [1.54, 1.807) is 13.8 Å². The van der Waals surface area contributed by atoms with Crippen LogP contribution in [0.1, 0.15) is 45.1 Å². The maximum atomic E-state index is 13.4. The van der Waals surface area contributed by atoms with E-state index in [2.05, 4.69) is 10.5 Å². The summed E-state index contributed by atoms with van der Waals surface area (Å²) in [7, 11) is 0. The number of nitrogens with one attached hydrogen (secondary N) is 1. The Bertz CT molecular complexity index is 744. The number of primary amides is 1. The van der Waals surface area contributed by atoms with Gasteiger partial charge in [-0.25, -0.2) is 10.2 Å². The predicted molar refractivity (Wildman–Crippen MR) is 93.2 cm³/mol. The molecule has 1 aliphatic heterocycles. The summed E-state index contributed by atoms with van der Waals surface area (Å²) in [5.41, 5.74) is 6.67. The van der Waals surface area contributed by atoms with Crippen LogP contribution in [0.5, 0.6) is 0 Å². The maximum Gasteiger partial charge on any atom is 0.332 e. The first-order valence-corrected chi connectivity index (χ1v) is 8.33. The molecule has 0 aromatic heterocycles. The van der Waals surface area contributed by atoms with Gasteiger partial charge in [-0.15, -0.1) is 5.06 Å². The standard InChI is InChI=1S/C17H23N5O3/c1-16(2)14(12-8-4-3-5-9-12)21(24)17(22(16)25)11-7-6-10-13(17)19-20-15(18)23/h3-5,8-9,25H,6-7,10-11H2,1-2H3,(H3,18,20,23)/b19-13+. The minimum absolute atomic E-state index is 0.409. The Morgan fingerprint density at radius 1 is 1.36 bits per heavy atom. The Kier molecular flexibility index (Phi) is 4.26. The zero-order valence-electron chi connectivity index (χ0n) is 14.4. The van der Waals surface area contributed by atoms with E-state index < -0.39 is 17.2 Å². The van der Waals surface area contributed by atoms with E-state index in [4.69, 9.17) is 5.73 Å². The molecular formula is C17H23N5O3. The SMILES string of the molecule is CC1(C)C(c2ccccc2)=[N+]([O-])C2(CCCC/C2=N\NC(N)=O)N1O. The zero-order valence-corrected chi connectivity index (χ0v) is 14.4. The lowest BCUT2D eigenvalue weighted by atomic mass is 9.86. The average molecular weight is 345 g/mol. The molecule has 8 nitrogen and oxygen atoms in total. The lowest BCUT2D eigenvalue weighted by Gasteiger charge is -2.38. The van der Waals surface area contributed by atoms with Crippen molar-refractivity contribution in [2.75, 3.05) is 0 Å². The quantitative estimate of drug-likeness (QED) is 0.430.